The molecule has 18 heavy (non-hydrogen) atoms. The lowest BCUT2D eigenvalue weighted by Crippen LogP contribution is -2.03. The zero-order chi connectivity index (χ0) is 13.1. The summed E-state index contributed by atoms with van der Waals surface area (Å²) in [6, 6.07) is 3.29. The van der Waals surface area contributed by atoms with E-state index in [4.69, 9.17) is 14.6 Å². The van der Waals surface area contributed by atoms with Gasteiger partial charge in [0, 0.05) is 17.2 Å². The van der Waals surface area contributed by atoms with Crippen molar-refractivity contribution in [3.05, 3.63) is 35.8 Å². The van der Waals surface area contributed by atoms with Crippen molar-refractivity contribution in [2.24, 2.45) is 0 Å². The molecule has 5 heteroatoms. The first-order chi connectivity index (χ1) is 8.58. The Balaban J connectivity index is 2.30. The Morgan fingerprint density at radius 1 is 1.11 bits per heavy atom. The van der Waals surface area contributed by atoms with E-state index in [-0.39, 0.29) is 12.0 Å². The van der Waals surface area contributed by atoms with Gasteiger partial charge in [-0.2, -0.15) is 0 Å². The fourth-order valence-corrected chi connectivity index (χ4v) is 1.90. The molecule has 1 aromatic heterocycles. The van der Waals surface area contributed by atoms with Crippen molar-refractivity contribution < 1.29 is 24.2 Å². The van der Waals surface area contributed by atoms with Gasteiger partial charge in [0.1, 0.15) is 0 Å². The first-order valence-corrected chi connectivity index (χ1v) is 5.52. The van der Waals surface area contributed by atoms with Crippen LogP contribution in [0, 0.1) is 0 Å². The standard InChI is InChI=1S/C13H12O5/c14-12(15)3-1-2-8-4-9-6-18-7-10(9)5-11(8)13(16)17/h4-7H,1-3H2,(H,14,15)(H,16,17). The summed E-state index contributed by atoms with van der Waals surface area (Å²) in [5.74, 6) is -1.89. The molecular weight excluding hydrogens is 236 g/mol. The summed E-state index contributed by atoms with van der Waals surface area (Å²) in [7, 11) is 0. The molecule has 1 heterocycles. The summed E-state index contributed by atoms with van der Waals surface area (Å²) in [6.45, 7) is 0. The van der Waals surface area contributed by atoms with Crippen molar-refractivity contribution in [3.63, 3.8) is 0 Å². The molecule has 0 aliphatic rings. The molecule has 0 fully saturated rings. The van der Waals surface area contributed by atoms with Crippen molar-refractivity contribution in [2.75, 3.05) is 0 Å². The number of fused-ring (bicyclic) bond motifs is 1. The molecular formula is C13H12O5. The lowest BCUT2D eigenvalue weighted by Gasteiger charge is -2.05. The van der Waals surface area contributed by atoms with Gasteiger partial charge in [0.2, 0.25) is 0 Å². The summed E-state index contributed by atoms with van der Waals surface area (Å²) in [5.41, 5.74) is 0.840. The van der Waals surface area contributed by atoms with Crippen molar-refractivity contribution in [1.29, 1.82) is 0 Å². The summed E-state index contributed by atoms with van der Waals surface area (Å²) < 4.78 is 5.01. The van der Waals surface area contributed by atoms with Crippen LogP contribution in [0.5, 0.6) is 0 Å². The molecule has 94 valence electrons. The molecule has 2 rings (SSSR count). The van der Waals surface area contributed by atoms with Gasteiger partial charge in [-0.05, 0) is 30.5 Å². The van der Waals surface area contributed by atoms with Gasteiger partial charge in [0.05, 0.1) is 18.1 Å². The molecule has 0 atom stereocenters. The Bertz CT molecular complexity index is 596. The number of aliphatic carboxylic acids is 1. The molecule has 2 N–H and O–H groups in total. The molecule has 5 nitrogen and oxygen atoms in total. The molecule has 0 aliphatic heterocycles. The highest BCUT2D eigenvalue weighted by Crippen LogP contribution is 2.22. The van der Waals surface area contributed by atoms with Gasteiger partial charge >= 0.3 is 11.9 Å². The average molecular weight is 248 g/mol. The zero-order valence-electron chi connectivity index (χ0n) is 9.55. The first kappa shape index (κ1) is 12.2. The van der Waals surface area contributed by atoms with Crippen molar-refractivity contribution >= 4 is 22.7 Å². The highest BCUT2D eigenvalue weighted by molar-refractivity contribution is 5.95. The molecule has 0 bridgehead atoms. The monoisotopic (exact) mass is 248 g/mol. The van der Waals surface area contributed by atoms with Crippen LogP contribution in [0.1, 0.15) is 28.8 Å². The smallest absolute Gasteiger partial charge is 0.335 e. The zero-order valence-corrected chi connectivity index (χ0v) is 9.55. The number of hydrogen-bond acceptors (Lipinski definition) is 3. The molecule has 0 unspecified atom stereocenters. The number of aromatic carboxylic acids is 1. The van der Waals surface area contributed by atoms with E-state index in [1.54, 1.807) is 18.4 Å². The Labute approximate surface area is 103 Å². The van der Waals surface area contributed by atoms with E-state index in [0.717, 1.165) is 10.8 Å². The van der Waals surface area contributed by atoms with Crippen LogP contribution in [0.2, 0.25) is 0 Å². The van der Waals surface area contributed by atoms with E-state index < -0.39 is 11.9 Å². The maximum atomic E-state index is 11.1. The van der Waals surface area contributed by atoms with E-state index in [1.807, 2.05) is 0 Å². The molecule has 0 aliphatic carbocycles. The third-order valence-corrected chi connectivity index (χ3v) is 2.77. The summed E-state index contributed by atoms with van der Waals surface area (Å²) in [4.78, 5) is 21.6. The second-order valence-electron chi connectivity index (χ2n) is 4.06. The van der Waals surface area contributed by atoms with Crippen LogP contribution >= 0.6 is 0 Å². The number of carboxylic acids is 2. The maximum Gasteiger partial charge on any atom is 0.335 e. The largest absolute Gasteiger partial charge is 0.481 e. The highest BCUT2D eigenvalue weighted by atomic mass is 16.4. The quantitative estimate of drug-likeness (QED) is 0.848. The Morgan fingerprint density at radius 3 is 2.39 bits per heavy atom. The van der Waals surface area contributed by atoms with Gasteiger partial charge in [-0.15, -0.1) is 0 Å². The number of rotatable bonds is 5. The lowest BCUT2D eigenvalue weighted by atomic mass is 9.99. The van der Waals surface area contributed by atoms with Crippen molar-refractivity contribution in [1.82, 2.24) is 0 Å². The predicted octanol–water partition coefficient (Wildman–Crippen LogP) is 2.54. The number of furan rings is 1. The third kappa shape index (κ3) is 2.51. The average Bonchev–Trinajstić information content (AvgIpc) is 2.74. The minimum atomic E-state index is -1.01. The molecule has 0 spiro atoms. The molecule has 0 saturated heterocycles. The Hall–Kier alpha value is -2.30. The minimum Gasteiger partial charge on any atom is -0.481 e. The van der Waals surface area contributed by atoms with Gasteiger partial charge in [0.15, 0.2) is 0 Å². The van der Waals surface area contributed by atoms with Crippen molar-refractivity contribution in [2.45, 2.75) is 19.3 Å². The first-order valence-electron chi connectivity index (χ1n) is 5.52. The summed E-state index contributed by atoms with van der Waals surface area (Å²) in [5, 5.41) is 19.3. The van der Waals surface area contributed by atoms with Gasteiger partial charge < -0.3 is 14.6 Å². The number of carbonyl (C=O) groups is 2. The van der Waals surface area contributed by atoms with E-state index in [2.05, 4.69) is 0 Å². The Morgan fingerprint density at radius 2 is 1.78 bits per heavy atom. The number of hydrogen-bond donors (Lipinski definition) is 2. The SMILES string of the molecule is O=C(O)CCCc1cc2cocc2cc1C(=O)O. The normalized spacial score (nSPS) is 10.7. The van der Waals surface area contributed by atoms with Gasteiger partial charge in [0.25, 0.3) is 0 Å². The second kappa shape index (κ2) is 4.91. The molecule has 0 saturated carbocycles. The van der Waals surface area contributed by atoms with Gasteiger partial charge in [-0.25, -0.2) is 4.79 Å². The van der Waals surface area contributed by atoms with Crippen LogP contribution in [0.25, 0.3) is 10.8 Å². The molecule has 1 aromatic carbocycles. The fourth-order valence-electron chi connectivity index (χ4n) is 1.90. The molecule has 0 amide bonds. The third-order valence-electron chi connectivity index (χ3n) is 2.77. The fraction of sp³-hybridized carbons (Fsp3) is 0.231. The maximum absolute atomic E-state index is 11.1. The Kier molecular flexibility index (Phi) is 3.32. The van der Waals surface area contributed by atoms with Gasteiger partial charge in [-0.1, -0.05) is 0 Å². The number of benzene rings is 1. The number of aryl methyl sites for hydroxylation is 1. The highest BCUT2D eigenvalue weighted by Gasteiger charge is 2.12. The van der Waals surface area contributed by atoms with E-state index in [1.165, 1.54) is 6.26 Å². The van der Waals surface area contributed by atoms with Crippen LogP contribution in [0.3, 0.4) is 0 Å². The molecule has 2 aromatic rings. The van der Waals surface area contributed by atoms with E-state index in [9.17, 15) is 9.59 Å². The topological polar surface area (TPSA) is 87.7 Å². The van der Waals surface area contributed by atoms with E-state index >= 15 is 0 Å². The molecule has 0 radical (unpaired) electrons. The van der Waals surface area contributed by atoms with Crippen LogP contribution in [-0.4, -0.2) is 22.2 Å². The van der Waals surface area contributed by atoms with Gasteiger partial charge in [-0.3, -0.25) is 4.79 Å². The van der Waals surface area contributed by atoms with Crippen LogP contribution in [-0.2, 0) is 11.2 Å². The number of carboxylic acid groups (broad SMARTS) is 2. The lowest BCUT2D eigenvalue weighted by molar-refractivity contribution is -0.137. The predicted molar refractivity (Wildman–Crippen MR) is 63.7 cm³/mol. The second-order valence-corrected chi connectivity index (χ2v) is 4.06. The van der Waals surface area contributed by atoms with Crippen LogP contribution < -0.4 is 0 Å². The van der Waals surface area contributed by atoms with E-state index in [0.29, 0.717) is 18.4 Å². The van der Waals surface area contributed by atoms with Crippen LogP contribution in [0.15, 0.2) is 29.1 Å². The van der Waals surface area contributed by atoms with Crippen LogP contribution in [0.4, 0.5) is 0 Å². The summed E-state index contributed by atoms with van der Waals surface area (Å²) in [6.07, 6.45) is 3.90. The van der Waals surface area contributed by atoms with Crippen molar-refractivity contribution in [3.8, 4) is 0 Å². The summed E-state index contributed by atoms with van der Waals surface area (Å²) >= 11 is 0. The minimum absolute atomic E-state index is 0.0302.